The molecule has 0 bridgehead atoms. The first kappa shape index (κ1) is 29.2. The Hall–Kier alpha value is -2.75. The summed E-state index contributed by atoms with van der Waals surface area (Å²) in [6.45, 7) is 0.513. The molecule has 202 valence electrons. The van der Waals surface area contributed by atoms with Gasteiger partial charge in [0.05, 0.1) is 12.0 Å². The molecule has 1 heterocycles. The number of halogens is 3. The highest BCUT2D eigenvalue weighted by atomic mass is 35.6. The van der Waals surface area contributed by atoms with Gasteiger partial charge in [0, 0.05) is 12.1 Å². The second kappa shape index (κ2) is 13.1. The van der Waals surface area contributed by atoms with E-state index in [0.717, 1.165) is 11.1 Å². The quantitative estimate of drug-likeness (QED) is 0.125. The van der Waals surface area contributed by atoms with E-state index in [-0.39, 0.29) is 5.91 Å². The molecule has 0 saturated carbocycles. The van der Waals surface area contributed by atoms with Crippen molar-refractivity contribution in [2.75, 3.05) is 13.7 Å². The van der Waals surface area contributed by atoms with Gasteiger partial charge in [0.25, 0.3) is 11.8 Å². The van der Waals surface area contributed by atoms with Crippen LogP contribution in [0.25, 0.3) is 6.08 Å². The number of nitrogens with zero attached hydrogens (tertiary/aromatic N) is 1. The second-order valence-electron chi connectivity index (χ2n) is 8.38. The summed E-state index contributed by atoms with van der Waals surface area (Å²) in [5, 5.41) is 2.59. The van der Waals surface area contributed by atoms with Crippen LogP contribution in [0.4, 0.5) is 0 Å². The molecule has 1 fully saturated rings. The van der Waals surface area contributed by atoms with Crippen molar-refractivity contribution in [3.8, 4) is 11.5 Å². The van der Waals surface area contributed by atoms with E-state index in [4.69, 9.17) is 56.5 Å². The second-order valence-corrected chi connectivity index (χ2v) is 12.4. The van der Waals surface area contributed by atoms with Crippen molar-refractivity contribution in [1.82, 2.24) is 10.2 Å². The zero-order valence-corrected chi connectivity index (χ0v) is 24.5. The first-order valence-corrected chi connectivity index (χ1v) is 14.1. The van der Waals surface area contributed by atoms with Crippen LogP contribution in [0.3, 0.4) is 0 Å². The molecule has 39 heavy (non-hydrogen) atoms. The Labute approximate surface area is 251 Å². The lowest BCUT2D eigenvalue weighted by molar-refractivity contribution is -0.122. The Bertz CT molecular complexity index is 1360. The number of amides is 2. The number of alkyl halides is 3. The predicted molar refractivity (Wildman–Crippen MR) is 162 cm³/mol. The average Bonchev–Trinajstić information content (AvgIpc) is 3.19. The SMILES string of the molecule is COc1ccc(C(=O)NC(Oc2ccc(/C=C3\SC(=S)N(CCc4ccccc4)C3=O)cc2)C(Cl)(Cl)Cl)cc1. The number of nitrogens with one attached hydrogen (secondary N) is 1. The van der Waals surface area contributed by atoms with Gasteiger partial charge >= 0.3 is 0 Å². The van der Waals surface area contributed by atoms with Crippen molar-refractivity contribution in [2.45, 2.75) is 16.4 Å². The lowest BCUT2D eigenvalue weighted by atomic mass is 10.1. The van der Waals surface area contributed by atoms with Gasteiger partial charge in [0.2, 0.25) is 10.0 Å². The number of hydrogen-bond donors (Lipinski definition) is 1. The van der Waals surface area contributed by atoms with Crippen molar-refractivity contribution < 1.29 is 19.1 Å². The predicted octanol–water partition coefficient (Wildman–Crippen LogP) is 6.64. The number of thiocarbonyl (C=S) groups is 1. The molecular formula is C28H23Cl3N2O4S2. The summed E-state index contributed by atoms with van der Waals surface area (Å²) in [7, 11) is 1.53. The molecule has 3 aromatic rings. The maximum absolute atomic E-state index is 13.0. The molecular weight excluding hydrogens is 599 g/mol. The maximum Gasteiger partial charge on any atom is 0.266 e. The van der Waals surface area contributed by atoms with Gasteiger partial charge in [-0.15, -0.1) is 0 Å². The van der Waals surface area contributed by atoms with Gasteiger partial charge in [-0.1, -0.05) is 101 Å². The number of thioether (sulfide) groups is 1. The summed E-state index contributed by atoms with van der Waals surface area (Å²) in [6, 6.07) is 23.2. The highest BCUT2D eigenvalue weighted by molar-refractivity contribution is 8.26. The van der Waals surface area contributed by atoms with Crippen molar-refractivity contribution in [2.24, 2.45) is 0 Å². The van der Waals surface area contributed by atoms with E-state index in [1.165, 1.54) is 18.9 Å². The molecule has 3 aromatic carbocycles. The number of ether oxygens (including phenoxy) is 2. The third kappa shape index (κ3) is 7.90. The molecule has 4 rings (SSSR count). The Morgan fingerprint density at radius 3 is 2.28 bits per heavy atom. The van der Waals surface area contributed by atoms with Crippen LogP contribution in [-0.4, -0.2) is 44.7 Å². The Morgan fingerprint density at radius 2 is 1.67 bits per heavy atom. The van der Waals surface area contributed by atoms with E-state index in [0.29, 0.717) is 39.3 Å². The summed E-state index contributed by atoms with van der Waals surface area (Å²) in [4.78, 5) is 27.8. The number of benzene rings is 3. The van der Waals surface area contributed by atoms with Crippen LogP contribution in [0.5, 0.6) is 11.5 Å². The lowest BCUT2D eigenvalue weighted by Crippen LogP contribution is -2.47. The van der Waals surface area contributed by atoms with Gasteiger partial charge in [-0.25, -0.2) is 0 Å². The van der Waals surface area contributed by atoms with E-state index in [1.807, 2.05) is 30.3 Å². The zero-order chi connectivity index (χ0) is 28.0. The fraction of sp³-hybridized carbons (Fsp3) is 0.179. The molecule has 2 amide bonds. The van der Waals surface area contributed by atoms with Crippen molar-refractivity contribution >= 4 is 81.0 Å². The largest absolute Gasteiger partial charge is 0.497 e. The van der Waals surface area contributed by atoms with E-state index in [9.17, 15) is 9.59 Å². The number of carbonyl (C=O) groups excluding carboxylic acids is 2. The summed E-state index contributed by atoms with van der Waals surface area (Å²) >= 11 is 25.0. The summed E-state index contributed by atoms with van der Waals surface area (Å²) in [6.07, 6.45) is 1.21. The minimum Gasteiger partial charge on any atom is -0.497 e. The summed E-state index contributed by atoms with van der Waals surface area (Å²) in [5.74, 6) is 0.350. The molecule has 0 aromatic heterocycles. The highest BCUT2D eigenvalue weighted by Gasteiger charge is 2.36. The molecule has 1 aliphatic heterocycles. The molecule has 1 aliphatic rings. The standard InChI is InChI=1S/C28H23Cl3N2O4S2/c1-36-21-13-9-20(10-14-21)24(34)32-26(28(29,30)31)37-22-11-7-19(8-12-22)17-23-25(35)33(27(38)39-23)16-15-18-5-3-2-4-6-18/h2-14,17,26H,15-16H2,1H3,(H,32,34)/b23-17-. The fourth-order valence-corrected chi connectivity index (χ4v) is 5.24. The third-order valence-corrected chi connectivity index (χ3v) is 7.66. The Balaban J connectivity index is 1.40. The first-order valence-electron chi connectivity index (χ1n) is 11.7. The highest BCUT2D eigenvalue weighted by Crippen LogP contribution is 2.34. The summed E-state index contributed by atoms with van der Waals surface area (Å²) < 4.78 is 9.48. The number of methoxy groups -OCH3 is 1. The van der Waals surface area contributed by atoms with Gasteiger partial charge in [0.15, 0.2) is 0 Å². The number of hydrogen-bond acceptors (Lipinski definition) is 6. The average molecular weight is 622 g/mol. The number of rotatable bonds is 9. The van der Waals surface area contributed by atoms with Crippen molar-refractivity contribution in [1.29, 1.82) is 0 Å². The van der Waals surface area contributed by atoms with Gasteiger partial charge in [0.1, 0.15) is 15.8 Å². The Kier molecular flexibility index (Phi) is 9.80. The van der Waals surface area contributed by atoms with E-state index < -0.39 is 15.9 Å². The monoisotopic (exact) mass is 620 g/mol. The van der Waals surface area contributed by atoms with Crippen molar-refractivity contribution in [3.05, 3.63) is 100 Å². The molecule has 11 heteroatoms. The van der Waals surface area contributed by atoms with Crippen molar-refractivity contribution in [3.63, 3.8) is 0 Å². The molecule has 1 unspecified atom stereocenters. The smallest absolute Gasteiger partial charge is 0.266 e. The Morgan fingerprint density at radius 1 is 1.03 bits per heavy atom. The molecule has 1 saturated heterocycles. The van der Waals surface area contributed by atoms with Crippen LogP contribution >= 0.6 is 58.8 Å². The van der Waals surface area contributed by atoms with Crippen LogP contribution in [0.2, 0.25) is 0 Å². The van der Waals surface area contributed by atoms with Crippen LogP contribution in [0.1, 0.15) is 21.5 Å². The minimum atomic E-state index is -1.95. The molecule has 6 nitrogen and oxygen atoms in total. The van der Waals surface area contributed by atoms with E-state index in [2.05, 4.69) is 5.32 Å². The van der Waals surface area contributed by atoms with Crippen LogP contribution in [0, 0.1) is 0 Å². The molecule has 0 spiro atoms. The van der Waals surface area contributed by atoms with E-state index in [1.54, 1.807) is 59.5 Å². The molecule has 0 radical (unpaired) electrons. The molecule has 0 aliphatic carbocycles. The zero-order valence-electron chi connectivity index (χ0n) is 20.6. The van der Waals surface area contributed by atoms with Crippen LogP contribution < -0.4 is 14.8 Å². The first-order chi connectivity index (χ1) is 18.6. The van der Waals surface area contributed by atoms with Gasteiger partial charge in [-0.3, -0.25) is 14.5 Å². The van der Waals surface area contributed by atoms with Gasteiger partial charge in [-0.05, 0) is 60.0 Å². The maximum atomic E-state index is 13.0. The van der Waals surface area contributed by atoms with Crippen LogP contribution in [0.15, 0.2) is 83.8 Å². The topological polar surface area (TPSA) is 67.9 Å². The minimum absolute atomic E-state index is 0.126. The van der Waals surface area contributed by atoms with E-state index >= 15 is 0 Å². The summed E-state index contributed by atoms with van der Waals surface area (Å²) in [5.41, 5.74) is 2.24. The van der Waals surface area contributed by atoms with Gasteiger partial charge in [-0.2, -0.15) is 0 Å². The molecule has 1 N–H and O–H groups in total. The third-order valence-electron chi connectivity index (χ3n) is 5.68. The van der Waals surface area contributed by atoms with Crippen LogP contribution in [-0.2, 0) is 11.2 Å². The normalized spacial score (nSPS) is 15.4. The van der Waals surface area contributed by atoms with Gasteiger partial charge < -0.3 is 14.8 Å². The number of carbonyl (C=O) groups is 2. The molecule has 1 atom stereocenters. The fourth-order valence-electron chi connectivity index (χ4n) is 3.63. The lowest BCUT2D eigenvalue weighted by Gasteiger charge is -2.26.